The maximum atomic E-state index is 12.5. The molecule has 2 aromatic heterocycles. The second-order valence-electron chi connectivity index (χ2n) is 6.46. The van der Waals surface area contributed by atoms with Gasteiger partial charge in [-0.2, -0.15) is 0 Å². The van der Waals surface area contributed by atoms with Crippen LogP contribution in [0, 0.1) is 20.8 Å². The van der Waals surface area contributed by atoms with Crippen molar-refractivity contribution in [3.05, 3.63) is 61.1 Å². The molecule has 0 aliphatic heterocycles. The minimum Gasteiger partial charge on any atom is -0.427 e. The first-order chi connectivity index (χ1) is 11.7. The van der Waals surface area contributed by atoms with Crippen molar-refractivity contribution in [3.8, 4) is 0 Å². The van der Waals surface area contributed by atoms with Crippen molar-refractivity contribution >= 4 is 11.6 Å². The predicted molar refractivity (Wildman–Crippen MR) is 97.5 cm³/mol. The number of aryl methyl sites for hydroxylation is 3. The Morgan fingerprint density at radius 3 is 2.48 bits per heavy atom. The number of carbonyl (C=O) groups excluding carboxylic acids is 1. The molecule has 134 valence electrons. The number of pyridine rings is 1. The Morgan fingerprint density at radius 1 is 1.20 bits per heavy atom. The Morgan fingerprint density at radius 2 is 1.88 bits per heavy atom. The average Bonchev–Trinajstić information content (AvgIpc) is 2.52. The van der Waals surface area contributed by atoms with E-state index in [1.807, 2.05) is 13.8 Å². The summed E-state index contributed by atoms with van der Waals surface area (Å²) in [4.78, 5) is 39.4. The highest BCUT2D eigenvalue weighted by molar-refractivity contribution is 6.04. The third-order valence-electron chi connectivity index (χ3n) is 4.35. The van der Waals surface area contributed by atoms with E-state index in [9.17, 15) is 14.4 Å². The third kappa shape index (κ3) is 4.07. The van der Waals surface area contributed by atoms with Crippen LogP contribution in [0.3, 0.4) is 0 Å². The molecule has 0 fully saturated rings. The first kappa shape index (κ1) is 18.7. The molecular formula is C19H24N2O4. The van der Waals surface area contributed by atoms with Crippen molar-refractivity contribution in [2.75, 3.05) is 5.32 Å². The van der Waals surface area contributed by atoms with Gasteiger partial charge in [0.05, 0.1) is 0 Å². The van der Waals surface area contributed by atoms with Gasteiger partial charge in [0.1, 0.15) is 17.0 Å². The number of carbonyl (C=O) groups is 1. The second kappa shape index (κ2) is 7.51. The highest BCUT2D eigenvalue weighted by atomic mass is 16.4. The van der Waals surface area contributed by atoms with Crippen LogP contribution in [-0.2, 0) is 0 Å². The summed E-state index contributed by atoms with van der Waals surface area (Å²) in [5, 5.41) is 2.51. The molecule has 2 N–H and O–H groups in total. The van der Waals surface area contributed by atoms with Crippen LogP contribution in [0.15, 0.2) is 26.1 Å². The number of aromatic nitrogens is 1. The molecule has 2 rings (SSSR count). The van der Waals surface area contributed by atoms with E-state index in [0.717, 1.165) is 24.1 Å². The molecule has 2 heterocycles. The zero-order chi connectivity index (χ0) is 18.7. The quantitative estimate of drug-likeness (QED) is 0.869. The van der Waals surface area contributed by atoms with Gasteiger partial charge >= 0.3 is 5.63 Å². The monoisotopic (exact) mass is 344 g/mol. The van der Waals surface area contributed by atoms with Gasteiger partial charge in [0.15, 0.2) is 0 Å². The SMILES string of the molecule is CCCC(C)c1cc(C)c(C(=O)Nc2cc(C)c(C)[nH]c2=O)c(=O)o1. The van der Waals surface area contributed by atoms with Crippen molar-refractivity contribution in [2.45, 2.75) is 53.4 Å². The Balaban J connectivity index is 2.36. The van der Waals surface area contributed by atoms with Crippen molar-refractivity contribution in [1.82, 2.24) is 4.98 Å². The summed E-state index contributed by atoms with van der Waals surface area (Å²) < 4.78 is 5.33. The molecule has 25 heavy (non-hydrogen) atoms. The van der Waals surface area contributed by atoms with Crippen LogP contribution in [0.4, 0.5) is 5.69 Å². The topological polar surface area (TPSA) is 92.2 Å². The van der Waals surface area contributed by atoms with Crippen LogP contribution in [-0.4, -0.2) is 10.9 Å². The molecule has 0 aromatic carbocycles. The summed E-state index contributed by atoms with van der Waals surface area (Å²) in [6, 6.07) is 3.31. The average molecular weight is 344 g/mol. The van der Waals surface area contributed by atoms with Gasteiger partial charge in [0.25, 0.3) is 11.5 Å². The number of aromatic amines is 1. The summed E-state index contributed by atoms with van der Waals surface area (Å²) in [7, 11) is 0. The molecule has 0 saturated carbocycles. The molecule has 1 amide bonds. The smallest absolute Gasteiger partial charge is 0.349 e. The number of hydrogen-bond acceptors (Lipinski definition) is 4. The number of anilines is 1. The summed E-state index contributed by atoms with van der Waals surface area (Å²) >= 11 is 0. The Bertz CT molecular complexity index is 909. The van der Waals surface area contributed by atoms with E-state index in [1.165, 1.54) is 0 Å². The molecule has 6 heteroatoms. The molecule has 0 radical (unpaired) electrons. The van der Waals surface area contributed by atoms with Gasteiger partial charge in [-0.15, -0.1) is 0 Å². The fraction of sp³-hybridized carbons (Fsp3) is 0.421. The second-order valence-corrected chi connectivity index (χ2v) is 6.46. The van der Waals surface area contributed by atoms with Gasteiger partial charge in [-0.05, 0) is 50.5 Å². The van der Waals surface area contributed by atoms with Gasteiger partial charge in [0, 0.05) is 11.6 Å². The molecule has 0 aliphatic rings. The summed E-state index contributed by atoms with van der Waals surface area (Å²) in [6.45, 7) is 9.33. The van der Waals surface area contributed by atoms with E-state index in [2.05, 4.69) is 17.2 Å². The number of hydrogen-bond donors (Lipinski definition) is 2. The van der Waals surface area contributed by atoms with Gasteiger partial charge < -0.3 is 14.7 Å². The normalized spacial score (nSPS) is 12.0. The van der Waals surface area contributed by atoms with Gasteiger partial charge in [-0.1, -0.05) is 20.3 Å². The lowest BCUT2D eigenvalue weighted by atomic mass is 10.0. The molecule has 1 unspecified atom stereocenters. The number of amides is 1. The van der Waals surface area contributed by atoms with E-state index in [4.69, 9.17) is 4.42 Å². The molecule has 1 atom stereocenters. The fourth-order valence-corrected chi connectivity index (χ4v) is 2.73. The molecule has 0 bridgehead atoms. The van der Waals surface area contributed by atoms with Crippen LogP contribution in [0.2, 0.25) is 0 Å². The van der Waals surface area contributed by atoms with Gasteiger partial charge in [0.2, 0.25) is 0 Å². The van der Waals surface area contributed by atoms with Crippen LogP contribution >= 0.6 is 0 Å². The molecule has 0 aliphatic carbocycles. The number of rotatable bonds is 5. The van der Waals surface area contributed by atoms with Crippen molar-refractivity contribution < 1.29 is 9.21 Å². The van der Waals surface area contributed by atoms with Crippen LogP contribution in [0.25, 0.3) is 0 Å². The van der Waals surface area contributed by atoms with Gasteiger partial charge in [-0.3, -0.25) is 9.59 Å². The first-order valence-corrected chi connectivity index (χ1v) is 8.41. The van der Waals surface area contributed by atoms with E-state index >= 15 is 0 Å². The zero-order valence-electron chi connectivity index (χ0n) is 15.3. The van der Waals surface area contributed by atoms with E-state index < -0.39 is 17.1 Å². The highest BCUT2D eigenvalue weighted by Gasteiger charge is 2.20. The van der Waals surface area contributed by atoms with Crippen LogP contribution < -0.4 is 16.5 Å². The lowest BCUT2D eigenvalue weighted by molar-refractivity contribution is 0.102. The Hall–Kier alpha value is -2.63. The fourth-order valence-electron chi connectivity index (χ4n) is 2.73. The molecule has 0 saturated heterocycles. The number of nitrogens with one attached hydrogen (secondary N) is 2. The zero-order valence-corrected chi connectivity index (χ0v) is 15.3. The largest absolute Gasteiger partial charge is 0.427 e. The van der Waals surface area contributed by atoms with Crippen LogP contribution in [0.5, 0.6) is 0 Å². The Labute approximate surface area is 146 Å². The standard InChI is InChI=1S/C19H24N2O4/c1-6-7-10(2)15-9-12(4)16(19(24)25-15)18(23)21-14-8-11(3)13(5)20-17(14)22/h8-10H,6-7H2,1-5H3,(H,20,22)(H,21,23). The number of H-pyrrole nitrogens is 1. The molecular weight excluding hydrogens is 320 g/mol. The van der Waals surface area contributed by atoms with Gasteiger partial charge in [-0.25, -0.2) is 4.79 Å². The van der Waals surface area contributed by atoms with Crippen molar-refractivity contribution in [1.29, 1.82) is 0 Å². The summed E-state index contributed by atoms with van der Waals surface area (Å²) in [5.41, 5.74) is 1.03. The van der Waals surface area contributed by atoms with E-state index in [0.29, 0.717) is 11.3 Å². The highest BCUT2D eigenvalue weighted by Crippen LogP contribution is 2.21. The van der Waals surface area contributed by atoms with E-state index in [-0.39, 0.29) is 17.2 Å². The van der Waals surface area contributed by atoms with Crippen LogP contribution in [0.1, 0.15) is 65.5 Å². The summed E-state index contributed by atoms with van der Waals surface area (Å²) in [6.07, 6.45) is 1.87. The minimum atomic E-state index is -0.685. The lowest BCUT2D eigenvalue weighted by Gasteiger charge is -2.12. The molecule has 0 spiro atoms. The predicted octanol–water partition coefficient (Wildman–Crippen LogP) is 3.41. The van der Waals surface area contributed by atoms with Crippen molar-refractivity contribution in [2.24, 2.45) is 0 Å². The van der Waals surface area contributed by atoms with E-state index in [1.54, 1.807) is 26.0 Å². The summed E-state index contributed by atoms with van der Waals surface area (Å²) in [5.74, 6) is 0.0377. The minimum absolute atomic E-state index is 0.0786. The molecule has 2 aromatic rings. The first-order valence-electron chi connectivity index (χ1n) is 8.41. The third-order valence-corrected chi connectivity index (χ3v) is 4.35. The maximum Gasteiger partial charge on any atom is 0.349 e. The molecule has 6 nitrogen and oxygen atoms in total. The maximum absolute atomic E-state index is 12.5. The lowest BCUT2D eigenvalue weighted by Crippen LogP contribution is -2.26. The Kier molecular flexibility index (Phi) is 5.62. The van der Waals surface area contributed by atoms with Crippen molar-refractivity contribution in [3.63, 3.8) is 0 Å².